The zero-order chi connectivity index (χ0) is 18.3. The first kappa shape index (κ1) is 15.6. The summed E-state index contributed by atoms with van der Waals surface area (Å²) in [6.45, 7) is 0. The van der Waals surface area contributed by atoms with Crippen molar-refractivity contribution in [1.82, 2.24) is 35.2 Å². The highest BCUT2D eigenvalue weighted by molar-refractivity contribution is 6.02. The third-order valence-corrected chi connectivity index (χ3v) is 3.73. The van der Waals surface area contributed by atoms with Gasteiger partial charge in [0.05, 0.1) is 25.1 Å². The minimum atomic E-state index is -0.575. The van der Waals surface area contributed by atoms with E-state index in [9.17, 15) is 9.59 Å². The lowest BCUT2D eigenvalue weighted by atomic mass is 10.2. The van der Waals surface area contributed by atoms with E-state index in [1.807, 2.05) is 0 Å². The molecule has 0 saturated carbocycles. The lowest BCUT2D eigenvalue weighted by Gasteiger charge is -2.08. The van der Waals surface area contributed by atoms with Crippen LogP contribution in [0.2, 0.25) is 0 Å². The van der Waals surface area contributed by atoms with Gasteiger partial charge in [0.15, 0.2) is 5.69 Å². The van der Waals surface area contributed by atoms with E-state index in [1.54, 1.807) is 12.1 Å². The smallest absolute Gasteiger partial charge is 0.282 e. The van der Waals surface area contributed by atoms with Crippen LogP contribution in [0.15, 0.2) is 23.0 Å². The molecule has 0 unspecified atom stereocenters. The first-order valence-corrected chi connectivity index (χ1v) is 7.33. The van der Waals surface area contributed by atoms with Crippen molar-refractivity contribution >= 4 is 28.4 Å². The number of amides is 1. The molecule has 12 nitrogen and oxygen atoms in total. The highest BCUT2D eigenvalue weighted by Crippen LogP contribution is 2.28. The molecule has 0 radical (unpaired) electrons. The van der Waals surface area contributed by atoms with Gasteiger partial charge in [-0.15, -0.1) is 0 Å². The normalized spacial score (nSPS) is 11.0. The monoisotopic (exact) mass is 356 g/mol. The molecule has 4 aromatic rings. The highest BCUT2D eigenvalue weighted by Gasteiger charge is 2.17. The summed E-state index contributed by atoms with van der Waals surface area (Å²) < 4.78 is 11.6. The summed E-state index contributed by atoms with van der Waals surface area (Å²) in [5, 5.41) is 19.5. The maximum atomic E-state index is 12.8. The molecule has 1 amide bonds. The van der Waals surface area contributed by atoms with Crippen LogP contribution in [0.5, 0.6) is 11.5 Å². The molecular weight excluding hydrogens is 344 g/mol. The number of ether oxygens (including phenoxy) is 2. The van der Waals surface area contributed by atoms with Crippen molar-refractivity contribution in [3.63, 3.8) is 0 Å². The van der Waals surface area contributed by atoms with Gasteiger partial charge in [-0.1, -0.05) is 5.10 Å². The van der Waals surface area contributed by atoms with Gasteiger partial charge in [-0.05, 0) is 16.5 Å². The number of methoxy groups -OCH3 is 2. The van der Waals surface area contributed by atoms with Gasteiger partial charge in [0.2, 0.25) is 5.95 Å². The van der Waals surface area contributed by atoms with Crippen LogP contribution >= 0.6 is 0 Å². The van der Waals surface area contributed by atoms with Crippen molar-refractivity contribution in [2.45, 2.75) is 0 Å². The summed E-state index contributed by atoms with van der Waals surface area (Å²) in [4.78, 5) is 28.1. The Hall–Kier alpha value is -3.96. The van der Waals surface area contributed by atoms with E-state index in [4.69, 9.17) is 9.47 Å². The topological polar surface area (TPSA) is 152 Å². The van der Waals surface area contributed by atoms with Gasteiger partial charge in [0, 0.05) is 12.1 Å². The van der Waals surface area contributed by atoms with Crippen LogP contribution in [0, 0.1) is 0 Å². The van der Waals surface area contributed by atoms with Gasteiger partial charge in [-0.3, -0.25) is 14.9 Å². The molecule has 0 bridgehead atoms. The number of carbonyl (C=O) groups excluding carboxylic acids is 1. The molecule has 0 aliphatic carbocycles. The second-order valence-corrected chi connectivity index (χ2v) is 5.21. The lowest BCUT2D eigenvalue weighted by Crippen LogP contribution is -2.18. The van der Waals surface area contributed by atoms with E-state index >= 15 is 0 Å². The minimum Gasteiger partial charge on any atom is -0.497 e. The highest BCUT2D eigenvalue weighted by atomic mass is 16.5. The molecule has 3 N–H and O–H groups in total. The van der Waals surface area contributed by atoms with Crippen molar-refractivity contribution in [2.24, 2.45) is 0 Å². The third-order valence-electron chi connectivity index (χ3n) is 3.73. The number of benzene rings is 1. The Morgan fingerprint density at radius 1 is 1.23 bits per heavy atom. The Morgan fingerprint density at radius 2 is 2.08 bits per heavy atom. The number of anilines is 1. The average molecular weight is 356 g/mol. The first-order chi connectivity index (χ1) is 12.6. The number of hydrogen-bond acceptors (Lipinski definition) is 8. The molecule has 26 heavy (non-hydrogen) atoms. The fourth-order valence-electron chi connectivity index (χ4n) is 2.53. The molecular formula is C14H12N8O4. The molecule has 132 valence electrons. The number of fused-ring (bicyclic) bond motifs is 2. The van der Waals surface area contributed by atoms with Crippen molar-refractivity contribution in [2.75, 3.05) is 19.5 Å². The van der Waals surface area contributed by atoms with Crippen molar-refractivity contribution < 1.29 is 14.3 Å². The van der Waals surface area contributed by atoms with Crippen LogP contribution in [-0.2, 0) is 0 Å². The molecule has 0 saturated heterocycles. The number of carbonyl (C=O) groups is 1. The summed E-state index contributed by atoms with van der Waals surface area (Å²) in [5.41, 5.74) is 0.381. The number of tetrazole rings is 1. The van der Waals surface area contributed by atoms with Crippen LogP contribution in [-0.4, -0.2) is 55.3 Å². The first-order valence-electron chi connectivity index (χ1n) is 7.33. The predicted molar refractivity (Wildman–Crippen MR) is 88.6 cm³/mol. The summed E-state index contributed by atoms with van der Waals surface area (Å²) in [6.07, 6.45) is 0. The van der Waals surface area contributed by atoms with Crippen LogP contribution in [0.25, 0.3) is 16.6 Å². The van der Waals surface area contributed by atoms with Gasteiger partial charge in [0.25, 0.3) is 11.5 Å². The number of H-pyrrole nitrogens is 2. The summed E-state index contributed by atoms with van der Waals surface area (Å²) >= 11 is 0. The fourth-order valence-corrected chi connectivity index (χ4v) is 2.53. The minimum absolute atomic E-state index is 0.0102. The van der Waals surface area contributed by atoms with E-state index in [2.05, 4.69) is 36.0 Å². The Bertz CT molecular complexity index is 1180. The molecule has 0 fully saturated rings. The molecule has 3 aromatic heterocycles. The lowest BCUT2D eigenvalue weighted by molar-refractivity contribution is 0.102. The van der Waals surface area contributed by atoms with Crippen LogP contribution in [0.4, 0.5) is 5.95 Å². The largest absolute Gasteiger partial charge is 0.497 e. The van der Waals surface area contributed by atoms with Gasteiger partial charge >= 0.3 is 0 Å². The molecule has 3 heterocycles. The zero-order valence-corrected chi connectivity index (χ0v) is 13.6. The van der Waals surface area contributed by atoms with Crippen molar-refractivity contribution in [3.8, 4) is 11.5 Å². The number of aromatic amines is 2. The second kappa shape index (κ2) is 5.84. The molecule has 12 heteroatoms. The van der Waals surface area contributed by atoms with Crippen LogP contribution in [0.1, 0.15) is 10.5 Å². The summed E-state index contributed by atoms with van der Waals surface area (Å²) in [5.74, 6) is 0.379. The Balaban J connectivity index is 1.87. The SMILES string of the molecule is COc1cc(OC)c2[nH]c3cc(C(=O)Nc4nnn[nH]4)nn3c(=O)c2c1. The molecule has 0 atom stereocenters. The number of hydrogen-bond donors (Lipinski definition) is 3. The molecule has 0 spiro atoms. The van der Waals surface area contributed by atoms with Crippen LogP contribution in [0.3, 0.4) is 0 Å². The third kappa shape index (κ3) is 2.40. The van der Waals surface area contributed by atoms with Crippen LogP contribution < -0.4 is 20.3 Å². The van der Waals surface area contributed by atoms with Gasteiger partial charge in [-0.2, -0.15) is 9.61 Å². The Morgan fingerprint density at radius 3 is 2.77 bits per heavy atom. The maximum absolute atomic E-state index is 12.8. The molecule has 4 rings (SSSR count). The fraction of sp³-hybridized carbons (Fsp3) is 0.143. The predicted octanol–water partition coefficient (Wildman–Crippen LogP) is -0.0416. The van der Waals surface area contributed by atoms with Crippen molar-refractivity contribution in [3.05, 3.63) is 34.2 Å². The second-order valence-electron chi connectivity index (χ2n) is 5.21. The molecule has 0 aliphatic rings. The van der Waals surface area contributed by atoms with E-state index in [-0.39, 0.29) is 11.6 Å². The van der Waals surface area contributed by atoms with E-state index < -0.39 is 11.5 Å². The number of aromatic nitrogens is 7. The Labute approximate surface area is 144 Å². The van der Waals surface area contributed by atoms with Gasteiger partial charge < -0.3 is 14.5 Å². The molecule has 0 aliphatic heterocycles. The van der Waals surface area contributed by atoms with E-state index in [0.717, 1.165) is 4.52 Å². The summed E-state index contributed by atoms with van der Waals surface area (Å²) in [6, 6.07) is 4.65. The van der Waals surface area contributed by atoms with Crippen molar-refractivity contribution in [1.29, 1.82) is 0 Å². The quantitative estimate of drug-likeness (QED) is 0.460. The zero-order valence-electron chi connectivity index (χ0n) is 13.6. The van der Waals surface area contributed by atoms with Gasteiger partial charge in [-0.25, -0.2) is 5.10 Å². The number of rotatable bonds is 4. The number of nitrogens with one attached hydrogen (secondary N) is 3. The standard InChI is InChI=1S/C14H12N8O4/c1-25-6-3-7-11(9(4-6)26-2)15-10-5-8(19-22(10)13(7)24)12(23)16-14-17-20-21-18-14/h3-5,15H,1-2H3,(H2,16,17,18,20,21,23). The number of nitrogens with zero attached hydrogens (tertiary/aromatic N) is 5. The average Bonchev–Trinajstić information content (AvgIpc) is 3.31. The van der Waals surface area contributed by atoms with Gasteiger partial charge in [0.1, 0.15) is 17.1 Å². The summed E-state index contributed by atoms with van der Waals surface area (Å²) in [7, 11) is 2.97. The maximum Gasteiger partial charge on any atom is 0.282 e. The van der Waals surface area contributed by atoms with E-state index in [0.29, 0.717) is 28.0 Å². The molecule has 1 aromatic carbocycles. The van der Waals surface area contributed by atoms with E-state index in [1.165, 1.54) is 20.3 Å². The Kier molecular flexibility index (Phi) is 3.49.